The Balaban J connectivity index is 1.67. The highest BCUT2D eigenvalue weighted by Crippen LogP contribution is 2.22. The molecular formula is C14H20N2O. The number of nitrogens with zero attached hydrogens (tertiary/aromatic N) is 1. The van der Waals surface area contributed by atoms with Crippen molar-refractivity contribution in [3.8, 4) is 0 Å². The van der Waals surface area contributed by atoms with E-state index in [2.05, 4.69) is 40.5 Å². The first-order valence-electron chi connectivity index (χ1n) is 6.54. The Morgan fingerprint density at radius 1 is 1.24 bits per heavy atom. The molecule has 2 heterocycles. The summed E-state index contributed by atoms with van der Waals surface area (Å²) in [4.78, 5) is 2.49. The second kappa shape index (κ2) is 5.07. The first kappa shape index (κ1) is 11.1. The smallest absolute Gasteiger partial charge is 0.0510 e. The van der Waals surface area contributed by atoms with Gasteiger partial charge in [0.2, 0.25) is 0 Å². The average molecular weight is 232 g/mol. The Hall–Kier alpha value is -1.06. The van der Waals surface area contributed by atoms with Gasteiger partial charge in [0.1, 0.15) is 0 Å². The van der Waals surface area contributed by atoms with Crippen molar-refractivity contribution >= 4 is 5.69 Å². The molecule has 0 aliphatic carbocycles. The molecule has 3 rings (SSSR count). The predicted octanol–water partition coefficient (Wildman–Crippen LogP) is 1.50. The van der Waals surface area contributed by atoms with E-state index in [0.29, 0.717) is 12.0 Å². The molecule has 2 aliphatic rings. The highest BCUT2D eigenvalue weighted by Gasteiger charge is 2.29. The molecule has 2 aliphatic heterocycles. The van der Waals surface area contributed by atoms with Crippen LogP contribution in [0.5, 0.6) is 0 Å². The van der Waals surface area contributed by atoms with Gasteiger partial charge >= 0.3 is 0 Å². The summed E-state index contributed by atoms with van der Waals surface area (Å²) in [6, 6.07) is 11.3. The minimum absolute atomic E-state index is 0.589. The maximum Gasteiger partial charge on any atom is 0.0510 e. The Morgan fingerprint density at radius 2 is 2.12 bits per heavy atom. The van der Waals surface area contributed by atoms with E-state index in [1.165, 1.54) is 12.1 Å². The number of piperazine rings is 1. The molecule has 0 spiro atoms. The van der Waals surface area contributed by atoms with Crippen molar-refractivity contribution in [1.29, 1.82) is 0 Å². The number of rotatable bonds is 2. The van der Waals surface area contributed by atoms with Crippen molar-refractivity contribution in [1.82, 2.24) is 5.32 Å². The Kier molecular flexibility index (Phi) is 3.29. The van der Waals surface area contributed by atoms with Gasteiger partial charge in [-0.3, -0.25) is 0 Å². The SMILES string of the molecule is c1ccc(N2CCNC([C@@H]3CCOC3)C2)cc1. The Morgan fingerprint density at radius 3 is 2.88 bits per heavy atom. The summed E-state index contributed by atoms with van der Waals surface area (Å²) in [5.41, 5.74) is 1.35. The summed E-state index contributed by atoms with van der Waals surface area (Å²) in [6.45, 7) is 5.16. The summed E-state index contributed by atoms with van der Waals surface area (Å²) >= 11 is 0. The number of para-hydroxylation sites is 1. The maximum atomic E-state index is 5.49. The fourth-order valence-corrected chi connectivity index (χ4v) is 2.84. The van der Waals surface area contributed by atoms with Crippen molar-refractivity contribution in [2.45, 2.75) is 12.5 Å². The molecule has 1 N–H and O–H groups in total. The number of benzene rings is 1. The molecule has 17 heavy (non-hydrogen) atoms. The summed E-state index contributed by atoms with van der Waals surface area (Å²) in [7, 11) is 0. The summed E-state index contributed by atoms with van der Waals surface area (Å²) < 4.78 is 5.49. The standard InChI is InChI=1S/C14H20N2O/c1-2-4-13(5-3-1)16-8-7-15-14(10-16)12-6-9-17-11-12/h1-5,12,14-15H,6-11H2/t12-,14?/m1/s1. The average Bonchev–Trinajstić information content (AvgIpc) is 2.94. The van der Waals surface area contributed by atoms with Crippen LogP contribution in [0.1, 0.15) is 6.42 Å². The Bertz CT molecular complexity index is 348. The first-order chi connectivity index (χ1) is 8.43. The van der Waals surface area contributed by atoms with Gasteiger partial charge in [-0.2, -0.15) is 0 Å². The Labute approximate surface area is 103 Å². The largest absolute Gasteiger partial charge is 0.381 e. The maximum absolute atomic E-state index is 5.49. The van der Waals surface area contributed by atoms with Crippen LogP contribution in [0.15, 0.2) is 30.3 Å². The minimum atomic E-state index is 0.589. The third-order valence-electron chi connectivity index (χ3n) is 3.86. The van der Waals surface area contributed by atoms with E-state index in [1.54, 1.807) is 0 Å². The fourth-order valence-electron chi connectivity index (χ4n) is 2.84. The van der Waals surface area contributed by atoms with Crippen LogP contribution in [0.3, 0.4) is 0 Å². The van der Waals surface area contributed by atoms with Gasteiger partial charge in [-0.1, -0.05) is 18.2 Å². The molecule has 1 aromatic carbocycles. The highest BCUT2D eigenvalue weighted by atomic mass is 16.5. The van der Waals surface area contributed by atoms with Gasteiger partial charge in [0.15, 0.2) is 0 Å². The van der Waals surface area contributed by atoms with E-state index in [9.17, 15) is 0 Å². The molecule has 2 fully saturated rings. The highest BCUT2D eigenvalue weighted by molar-refractivity contribution is 5.46. The summed E-state index contributed by atoms with van der Waals surface area (Å²) in [5, 5.41) is 3.64. The van der Waals surface area contributed by atoms with E-state index in [-0.39, 0.29) is 0 Å². The second-order valence-electron chi connectivity index (χ2n) is 4.97. The molecule has 0 saturated carbocycles. The van der Waals surface area contributed by atoms with Crippen molar-refractivity contribution in [2.75, 3.05) is 37.7 Å². The lowest BCUT2D eigenvalue weighted by atomic mass is 9.97. The topological polar surface area (TPSA) is 24.5 Å². The van der Waals surface area contributed by atoms with Crippen molar-refractivity contribution in [3.05, 3.63) is 30.3 Å². The molecule has 0 radical (unpaired) electrons. The van der Waals surface area contributed by atoms with Crippen LogP contribution in [0, 0.1) is 5.92 Å². The second-order valence-corrected chi connectivity index (χ2v) is 4.97. The molecule has 1 unspecified atom stereocenters. The first-order valence-corrected chi connectivity index (χ1v) is 6.54. The number of nitrogens with one attached hydrogen (secondary N) is 1. The van der Waals surface area contributed by atoms with Gasteiger partial charge in [-0.25, -0.2) is 0 Å². The lowest BCUT2D eigenvalue weighted by Crippen LogP contribution is -2.54. The van der Waals surface area contributed by atoms with E-state index < -0.39 is 0 Å². The fraction of sp³-hybridized carbons (Fsp3) is 0.571. The summed E-state index contributed by atoms with van der Waals surface area (Å²) in [6.07, 6.45) is 1.21. The van der Waals surface area contributed by atoms with Crippen LogP contribution in [0.4, 0.5) is 5.69 Å². The molecule has 0 aromatic heterocycles. The third-order valence-corrected chi connectivity index (χ3v) is 3.86. The molecule has 0 bridgehead atoms. The van der Waals surface area contributed by atoms with Crippen molar-refractivity contribution < 1.29 is 4.74 Å². The third kappa shape index (κ3) is 2.45. The number of hydrogen-bond donors (Lipinski definition) is 1. The molecule has 0 amide bonds. The summed E-state index contributed by atoms with van der Waals surface area (Å²) in [5.74, 6) is 0.696. The molecule has 2 atom stereocenters. The lowest BCUT2D eigenvalue weighted by Gasteiger charge is -2.37. The molecular weight excluding hydrogens is 212 g/mol. The predicted molar refractivity (Wildman–Crippen MR) is 69.4 cm³/mol. The molecule has 3 nitrogen and oxygen atoms in total. The zero-order valence-electron chi connectivity index (χ0n) is 10.1. The van der Waals surface area contributed by atoms with Crippen LogP contribution < -0.4 is 10.2 Å². The van der Waals surface area contributed by atoms with Crippen LogP contribution in [-0.4, -0.2) is 38.9 Å². The van der Waals surface area contributed by atoms with Crippen LogP contribution >= 0.6 is 0 Å². The van der Waals surface area contributed by atoms with Gasteiger partial charge in [0.05, 0.1) is 6.61 Å². The van der Waals surface area contributed by atoms with Crippen molar-refractivity contribution in [3.63, 3.8) is 0 Å². The van der Waals surface area contributed by atoms with E-state index in [0.717, 1.165) is 32.8 Å². The van der Waals surface area contributed by atoms with E-state index >= 15 is 0 Å². The zero-order valence-corrected chi connectivity index (χ0v) is 10.1. The number of anilines is 1. The monoisotopic (exact) mass is 232 g/mol. The van der Waals surface area contributed by atoms with E-state index in [1.807, 2.05) is 0 Å². The van der Waals surface area contributed by atoms with E-state index in [4.69, 9.17) is 4.74 Å². The van der Waals surface area contributed by atoms with Crippen LogP contribution in [0.25, 0.3) is 0 Å². The molecule has 1 aromatic rings. The molecule has 92 valence electrons. The lowest BCUT2D eigenvalue weighted by molar-refractivity contribution is 0.175. The normalized spacial score (nSPS) is 29.5. The van der Waals surface area contributed by atoms with Crippen molar-refractivity contribution in [2.24, 2.45) is 5.92 Å². The molecule has 2 saturated heterocycles. The van der Waals surface area contributed by atoms with Gasteiger partial charge < -0.3 is 15.0 Å². The van der Waals surface area contributed by atoms with Gasteiger partial charge in [0.25, 0.3) is 0 Å². The number of hydrogen-bond acceptors (Lipinski definition) is 3. The molecule has 3 heteroatoms. The van der Waals surface area contributed by atoms with Crippen LogP contribution in [-0.2, 0) is 4.74 Å². The van der Waals surface area contributed by atoms with Gasteiger partial charge in [0, 0.05) is 43.9 Å². The number of ether oxygens (including phenoxy) is 1. The minimum Gasteiger partial charge on any atom is -0.381 e. The quantitative estimate of drug-likeness (QED) is 0.836. The van der Waals surface area contributed by atoms with Crippen LogP contribution in [0.2, 0.25) is 0 Å². The van der Waals surface area contributed by atoms with Gasteiger partial charge in [-0.15, -0.1) is 0 Å². The zero-order chi connectivity index (χ0) is 11.5. The van der Waals surface area contributed by atoms with Gasteiger partial charge in [-0.05, 0) is 18.6 Å².